The molecular weight excluding hydrogens is 252 g/mol. The Kier molecular flexibility index (Phi) is 3.69. The highest BCUT2D eigenvalue weighted by atomic mass is 35.5. The van der Waals surface area contributed by atoms with Gasteiger partial charge in [-0.1, -0.05) is 30.7 Å². The van der Waals surface area contributed by atoms with Crippen molar-refractivity contribution in [2.75, 3.05) is 5.73 Å². The van der Waals surface area contributed by atoms with Crippen LogP contribution in [0.15, 0.2) is 18.2 Å². The molecule has 1 aromatic carbocycles. The summed E-state index contributed by atoms with van der Waals surface area (Å²) in [6, 6.07) is 5.94. The van der Waals surface area contributed by atoms with Gasteiger partial charge in [0.15, 0.2) is 0 Å². The molecule has 0 atom stereocenters. The molecule has 0 spiro atoms. The summed E-state index contributed by atoms with van der Waals surface area (Å²) >= 11 is 7.69. The van der Waals surface area contributed by atoms with Gasteiger partial charge in [-0.25, -0.2) is 4.98 Å². The number of thiazole rings is 1. The predicted molar refractivity (Wildman–Crippen MR) is 75.7 cm³/mol. The Bertz CT molecular complexity index is 534. The van der Waals surface area contributed by atoms with E-state index in [1.807, 2.05) is 25.1 Å². The van der Waals surface area contributed by atoms with Crippen molar-refractivity contribution in [3.63, 3.8) is 0 Å². The zero-order chi connectivity index (χ0) is 12.4. The minimum atomic E-state index is 0.756. The van der Waals surface area contributed by atoms with Gasteiger partial charge >= 0.3 is 0 Å². The molecule has 0 saturated heterocycles. The Morgan fingerprint density at radius 2 is 2.18 bits per heavy atom. The molecule has 0 aliphatic rings. The fourth-order valence-electron chi connectivity index (χ4n) is 1.65. The topological polar surface area (TPSA) is 38.9 Å². The van der Waals surface area contributed by atoms with E-state index in [1.165, 1.54) is 0 Å². The Morgan fingerprint density at radius 3 is 2.82 bits per heavy atom. The Balaban J connectivity index is 2.41. The van der Waals surface area contributed by atoms with Crippen LogP contribution in [-0.2, 0) is 6.42 Å². The van der Waals surface area contributed by atoms with Gasteiger partial charge in [0.1, 0.15) is 10.7 Å². The molecule has 0 amide bonds. The molecule has 1 heterocycles. The van der Waals surface area contributed by atoms with Crippen LogP contribution in [0.3, 0.4) is 0 Å². The summed E-state index contributed by atoms with van der Waals surface area (Å²) in [6.07, 6.45) is 2.06. The summed E-state index contributed by atoms with van der Waals surface area (Å²) < 4.78 is 0. The van der Waals surface area contributed by atoms with E-state index in [9.17, 15) is 0 Å². The van der Waals surface area contributed by atoms with Gasteiger partial charge in [0.05, 0.1) is 5.01 Å². The summed E-state index contributed by atoms with van der Waals surface area (Å²) in [5, 5.41) is 2.62. The van der Waals surface area contributed by atoms with Crippen LogP contribution in [0.5, 0.6) is 0 Å². The van der Waals surface area contributed by atoms with E-state index >= 15 is 0 Å². The lowest BCUT2D eigenvalue weighted by Crippen LogP contribution is -1.87. The molecule has 0 aliphatic carbocycles. The second kappa shape index (κ2) is 5.07. The summed E-state index contributed by atoms with van der Waals surface area (Å²) in [5.41, 5.74) is 8.93. The van der Waals surface area contributed by atoms with Crippen molar-refractivity contribution in [3.05, 3.63) is 33.8 Å². The SMILES string of the molecule is CCCc1nc(-c2ccc(C)c(Cl)c2)c(N)s1. The largest absolute Gasteiger partial charge is 0.389 e. The van der Waals surface area contributed by atoms with Gasteiger partial charge < -0.3 is 5.73 Å². The van der Waals surface area contributed by atoms with E-state index in [1.54, 1.807) is 11.3 Å². The number of nitrogens with two attached hydrogens (primary N) is 1. The summed E-state index contributed by atoms with van der Waals surface area (Å²) in [7, 11) is 0. The number of halogens is 1. The van der Waals surface area contributed by atoms with Crippen LogP contribution in [-0.4, -0.2) is 4.98 Å². The zero-order valence-electron chi connectivity index (χ0n) is 9.96. The van der Waals surface area contributed by atoms with E-state index in [4.69, 9.17) is 17.3 Å². The average molecular weight is 267 g/mol. The van der Waals surface area contributed by atoms with Crippen LogP contribution in [0.1, 0.15) is 23.9 Å². The first-order valence-electron chi connectivity index (χ1n) is 5.63. The standard InChI is InChI=1S/C13H15ClN2S/c1-3-4-11-16-12(13(15)17-11)9-6-5-8(2)10(14)7-9/h5-7H,3-4,15H2,1-2H3. The number of rotatable bonds is 3. The van der Waals surface area contributed by atoms with Crippen LogP contribution >= 0.6 is 22.9 Å². The van der Waals surface area contributed by atoms with E-state index in [0.29, 0.717) is 0 Å². The summed E-state index contributed by atoms with van der Waals surface area (Å²) in [6.45, 7) is 4.12. The molecule has 2 rings (SSSR count). The van der Waals surface area contributed by atoms with E-state index < -0.39 is 0 Å². The Hall–Kier alpha value is -1.06. The van der Waals surface area contributed by atoms with E-state index in [2.05, 4.69) is 11.9 Å². The maximum Gasteiger partial charge on any atom is 0.114 e. The molecule has 90 valence electrons. The number of benzene rings is 1. The Morgan fingerprint density at radius 1 is 1.41 bits per heavy atom. The van der Waals surface area contributed by atoms with Gasteiger partial charge in [-0.05, 0) is 31.4 Å². The van der Waals surface area contributed by atoms with Crippen LogP contribution in [0.2, 0.25) is 5.02 Å². The molecule has 1 aromatic heterocycles. The summed E-state index contributed by atoms with van der Waals surface area (Å²) in [4.78, 5) is 4.58. The molecule has 2 N–H and O–H groups in total. The monoisotopic (exact) mass is 266 g/mol. The number of hydrogen-bond donors (Lipinski definition) is 1. The third-order valence-corrected chi connectivity index (χ3v) is 3.96. The van der Waals surface area contributed by atoms with Crippen LogP contribution in [0, 0.1) is 6.92 Å². The maximum atomic E-state index is 6.12. The van der Waals surface area contributed by atoms with Crippen LogP contribution in [0.25, 0.3) is 11.3 Å². The normalized spacial score (nSPS) is 10.8. The molecule has 2 aromatic rings. The van der Waals surface area contributed by atoms with Gasteiger partial charge in [-0.15, -0.1) is 11.3 Å². The van der Waals surface area contributed by atoms with Crippen molar-refractivity contribution >= 4 is 27.9 Å². The van der Waals surface area contributed by atoms with Crippen LogP contribution in [0.4, 0.5) is 5.00 Å². The van der Waals surface area contributed by atoms with Gasteiger partial charge in [0, 0.05) is 10.6 Å². The highest BCUT2D eigenvalue weighted by Crippen LogP contribution is 2.33. The highest BCUT2D eigenvalue weighted by Gasteiger charge is 2.11. The lowest BCUT2D eigenvalue weighted by atomic mass is 10.1. The number of hydrogen-bond acceptors (Lipinski definition) is 3. The minimum absolute atomic E-state index is 0.756. The number of aryl methyl sites for hydroxylation is 2. The lowest BCUT2D eigenvalue weighted by molar-refractivity contribution is 0.910. The van der Waals surface area contributed by atoms with Gasteiger partial charge in [-0.2, -0.15) is 0 Å². The van der Waals surface area contributed by atoms with Crippen molar-refractivity contribution in [2.45, 2.75) is 26.7 Å². The first kappa shape index (κ1) is 12.4. The van der Waals surface area contributed by atoms with E-state index in [0.717, 1.165) is 44.7 Å². The number of nitrogens with zero attached hydrogens (tertiary/aromatic N) is 1. The molecule has 4 heteroatoms. The Labute approximate surface area is 110 Å². The number of anilines is 1. The molecule has 0 unspecified atom stereocenters. The molecule has 0 aliphatic heterocycles. The smallest absolute Gasteiger partial charge is 0.114 e. The van der Waals surface area contributed by atoms with Crippen molar-refractivity contribution in [1.29, 1.82) is 0 Å². The van der Waals surface area contributed by atoms with Crippen molar-refractivity contribution in [1.82, 2.24) is 4.98 Å². The second-order valence-corrected chi connectivity index (χ2v) is 5.56. The van der Waals surface area contributed by atoms with Crippen molar-refractivity contribution in [2.24, 2.45) is 0 Å². The first-order chi connectivity index (χ1) is 8.11. The third-order valence-electron chi connectivity index (χ3n) is 2.61. The van der Waals surface area contributed by atoms with Gasteiger partial charge in [0.25, 0.3) is 0 Å². The molecule has 2 nitrogen and oxygen atoms in total. The van der Waals surface area contributed by atoms with Crippen molar-refractivity contribution < 1.29 is 0 Å². The highest BCUT2D eigenvalue weighted by molar-refractivity contribution is 7.16. The van der Waals surface area contributed by atoms with Gasteiger partial charge in [0.2, 0.25) is 0 Å². The molecular formula is C13H15ClN2S. The zero-order valence-corrected chi connectivity index (χ0v) is 11.5. The number of nitrogen functional groups attached to an aromatic ring is 1. The van der Waals surface area contributed by atoms with Gasteiger partial charge in [-0.3, -0.25) is 0 Å². The summed E-state index contributed by atoms with van der Waals surface area (Å²) in [5.74, 6) is 0. The van der Waals surface area contributed by atoms with Crippen LogP contribution < -0.4 is 5.73 Å². The molecule has 0 saturated carbocycles. The number of aromatic nitrogens is 1. The third kappa shape index (κ3) is 2.61. The lowest BCUT2D eigenvalue weighted by Gasteiger charge is -2.02. The average Bonchev–Trinajstić information content (AvgIpc) is 2.64. The quantitative estimate of drug-likeness (QED) is 0.899. The molecule has 17 heavy (non-hydrogen) atoms. The molecule has 0 radical (unpaired) electrons. The second-order valence-electron chi connectivity index (χ2n) is 4.03. The fraction of sp³-hybridized carbons (Fsp3) is 0.308. The predicted octanol–water partition coefficient (Wildman–Crippen LogP) is 4.31. The fourth-order valence-corrected chi connectivity index (χ4v) is 2.78. The van der Waals surface area contributed by atoms with E-state index in [-0.39, 0.29) is 0 Å². The molecule has 0 fully saturated rings. The minimum Gasteiger partial charge on any atom is -0.389 e. The first-order valence-corrected chi connectivity index (χ1v) is 6.83. The maximum absolute atomic E-state index is 6.12. The van der Waals surface area contributed by atoms with Crippen molar-refractivity contribution in [3.8, 4) is 11.3 Å². The molecule has 0 bridgehead atoms.